The normalized spacial score (nSPS) is 20.7. The van der Waals surface area contributed by atoms with Gasteiger partial charge in [-0.1, -0.05) is 6.07 Å². The number of benzene rings is 1. The van der Waals surface area contributed by atoms with Crippen LogP contribution in [0.5, 0.6) is 0 Å². The highest BCUT2D eigenvalue weighted by Gasteiger charge is 2.44. The molecule has 1 unspecified atom stereocenters. The lowest BCUT2D eigenvalue weighted by Crippen LogP contribution is -2.53. The van der Waals surface area contributed by atoms with E-state index in [-0.39, 0.29) is 22.4 Å². The van der Waals surface area contributed by atoms with Gasteiger partial charge < -0.3 is 24.4 Å². The standard InChI is InChI=1S/C39H50F3N9O2S/c1-25(48-13-15-49(16-14-48)36(52)53-37(3,4)5)21-51-28(20-43)17-30-26(2)27(7-8-32(30)51)22-47-11-9-38(23-47)10-12-50(24-38)33-31-18-29(19-39(40,41)42)54-34(31)46-35(44-6)45-33/h7-8,17-18,25H,9-16,19,21-24H2,1-6H3,(H,44,45,46)/t25-,38?/m0/s1. The molecule has 1 N–H and O–H groups in total. The number of aromatic nitrogens is 3. The molecule has 0 bridgehead atoms. The van der Waals surface area contributed by atoms with E-state index in [0.29, 0.717) is 47.3 Å². The first kappa shape index (κ1) is 38.2. The van der Waals surface area contributed by atoms with Crippen molar-refractivity contribution in [3.8, 4) is 6.07 Å². The van der Waals surface area contributed by atoms with Crippen LogP contribution in [0.2, 0.25) is 0 Å². The molecule has 0 radical (unpaired) electrons. The molecular formula is C39H50F3N9O2S. The van der Waals surface area contributed by atoms with Gasteiger partial charge in [0.2, 0.25) is 5.95 Å². The number of aryl methyl sites for hydroxylation is 1. The van der Waals surface area contributed by atoms with Gasteiger partial charge in [-0.25, -0.2) is 9.78 Å². The Balaban J connectivity index is 1.01. The molecule has 3 aliphatic heterocycles. The maximum Gasteiger partial charge on any atom is 0.410 e. The van der Waals surface area contributed by atoms with E-state index in [1.54, 1.807) is 18.0 Å². The highest BCUT2D eigenvalue weighted by Crippen LogP contribution is 2.44. The van der Waals surface area contributed by atoms with E-state index in [0.717, 1.165) is 80.9 Å². The molecule has 11 nitrogen and oxygen atoms in total. The molecule has 3 fully saturated rings. The van der Waals surface area contributed by atoms with Gasteiger partial charge in [0.1, 0.15) is 28.0 Å². The smallest absolute Gasteiger partial charge is 0.410 e. The van der Waals surface area contributed by atoms with E-state index in [1.165, 1.54) is 11.1 Å². The van der Waals surface area contributed by atoms with Crippen molar-refractivity contribution >= 4 is 50.3 Å². The maximum atomic E-state index is 13.2. The van der Waals surface area contributed by atoms with Crippen LogP contribution in [-0.4, -0.2) is 113 Å². The Bertz CT molecular complexity index is 2080. The highest BCUT2D eigenvalue weighted by atomic mass is 32.1. The van der Waals surface area contributed by atoms with Crippen LogP contribution in [0.3, 0.4) is 0 Å². The lowest BCUT2D eigenvalue weighted by molar-refractivity contribution is -0.126. The van der Waals surface area contributed by atoms with E-state index in [4.69, 9.17) is 9.72 Å². The van der Waals surface area contributed by atoms with Gasteiger partial charge in [-0.15, -0.1) is 11.3 Å². The molecule has 4 aromatic rings. The summed E-state index contributed by atoms with van der Waals surface area (Å²) in [5.41, 5.74) is 3.68. The van der Waals surface area contributed by atoms with E-state index in [9.17, 15) is 23.2 Å². The molecule has 1 aromatic carbocycles. The van der Waals surface area contributed by atoms with Crippen LogP contribution < -0.4 is 10.2 Å². The molecule has 290 valence electrons. The molecule has 6 heterocycles. The summed E-state index contributed by atoms with van der Waals surface area (Å²) in [6.45, 7) is 17.6. The predicted octanol–water partition coefficient (Wildman–Crippen LogP) is 7.02. The summed E-state index contributed by atoms with van der Waals surface area (Å²) in [5.74, 6) is 1.12. The van der Waals surface area contributed by atoms with Crippen LogP contribution in [0.25, 0.3) is 21.1 Å². The van der Waals surface area contributed by atoms with Crippen LogP contribution in [0.4, 0.5) is 29.7 Å². The predicted molar refractivity (Wildman–Crippen MR) is 206 cm³/mol. The van der Waals surface area contributed by atoms with Gasteiger partial charge in [-0.2, -0.15) is 23.4 Å². The van der Waals surface area contributed by atoms with Gasteiger partial charge in [-0.05, 0) is 83.3 Å². The van der Waals surface area contributed by atoms with Crippen LogP contribution >= 0.6 is 11.3 Å². The van der Waals surface area contributed by atoms with Crippen molar-refractivity contribution in [3.05, 3.63) is 46.0 Å². The molecular weight excluding hydrogens is 716 g/mol. The minimum Gasteiger partial charge on any atom is -0.444 e. The number of halogens is 3. The molecule has 0 aliphatic carbocycles. The zero-order chi connectivity index (χ0) is 38.6. The van der Waals surface area contributed by atoms with Crippen molar-refractivity contribution < 1.29 is 22.7 Å². The Kier molecular flexibility index (Phi) is 10.2. The van der Waals surface area contributed by atoms with Crippen molar-refractivity contribution in [3.63, 3.8) is 0 Å². The molecule has 0 saturated carbocycles. The van der Waals surface area contributed by atoms with Gasteiger partial charge in [0, 0.05) is 93.2 Å². The summed E-state index contributed by atoms with van der Waals surface area (Å²) in [6.07, 6.45) is -3.49. The average molecular weight is 766 g/mol. The Labute approximate surface area is 318 Å². The monoisotopic (exact) mass is 765 g/mol. The molecule has 54 heavy (non-hydrogen) atoms. The number of anilines is 2. The molecule has 7 rings (SSSR count). The van der Waals surface area contributed by atoms with E-state index < -0.39 is 18.2 Å². The third-order valence-electron chi connectivity index (χ3n) is 11.3. The first-order valence-electron chi connectivity index (χ1n) is 18.8. The fourth-order valence-electron chi connectivity index (χ4n) is 8.48. The van der Waals surface area contributed by atoms with Gasteiger partial charge in [0.25, 0.3) is 0 Å². The summed E-state index contributed by atoms with van der Waals surface area (Å²) in [4.78, 5) is 31.5. The zero-order valence-corrected chi connectivity index (χ0v) is 32.8. The minimum atomic E-state index is -4.28. The minimum absolute atomic E-state index is 0.0751. The summed E-state index contributed by atoms with van der Waals surface area (Å²) in [7, 11) is 1.73. The van der Waals surface area contributed by atoms with Crippen molar-refractivity contribution in [1.29, 1.82) is 5.26 Å². The number of thiophene rings is 1. The Hall–Kier alpha value is -4.13. The Morgan fingerprint density at radius 1 is 1.06 bits per heavy atom. The lowest BCUT2D eigenvalue weighted by Gasteiger charge is -2.38. The average Bonchev–Trinajstić information content (AvgIpc) is 3.90. The van der Waals surface area contributed by atoms with Crippen LogP contribution in [0, 0.1) is 23.7 Å². The SMILES string of the molecule is CNc1nc(N2CCC3(CCN(Cc4ccc5c(cc(C#N)n5C[C@H](C)N5CCN(C(=O)OC(C)(C)C)CC5)c4C)C3)C2)c2cc(CC(F)(F)F)sc2n1. The quantitative estimate of drug-likeness (QED) is 0.203. The number of rotatable bonds is 8. The number of carbonyl (C=O) groups is 1. The largest absolute Gasteiger partial charge is 0.444 e. The first-order valence-corrected chi connectivity index (χ1v) is 19.6. The van der Waals surface area contributed by atoms with E-state index in [1.807, 2.05) is 26.8 Å². The number of hydrogen-bond donors (Lipinski definition) is 1. The number of piperazine rings is 1. The number of nitriles is 1. The van der Waals surface area contributed by atoms with Crippen molar-refractivity contribution in [2.45, 2.75) is 84.8 Å². The van der Waals surface area contributed by atoms with Gasteiger partial charge in [0.15, 0.2) is 0 Å². The number of hydrogen-bond acceptors (Lipinski definition) is 10. The lowest BCUT2D eigenvalue weighted by atomic mass is 9.86. The van der Waals surface area contributed by atoms with Crippen molar-refractivity contribution in [2.24, 2.45) is 5.41 Å². The second-order valence-electron chi connectivity index (χ2n) is 16.4. The number of carbonyl (C=O) groups excluding carboxylic acids is 1. The molecule has 3 aliphatic rings. The van der Waals surface area contributed by atoms with Crippen LogP contribution in [0.1, 0.15) is 62.2 Å². The topological polar surface area (TPSA) is 106 Å². The molecule has 1 spiro atoms. The number of fused-ring (bicyclic) bond motifs is 2. The summed E-state index contributed by atoms with van der Waals surface area (Å²) >= 11 is 1.09. The van der Waals surface area contributed by atoms with Crippen molar-refractivity contribution in [2.75, 3.05) is 69.6 Å². The molecule has 1 amide bonds. The van der Waals surface area contributed by atoms with Crippen LogP contribution in [0.15, 0.2) is 24.3 Å². The van der Waals surface area contributed by atoms with Crippen LogP contribution in [-0.2, 0) is 24.2 Å². The maximum absolute atomic E-state index is 13.2. The molecule has 3 saturated heterocycles. The number of amides is 1. The Morgan fingerprint density at radius 2 is 1.80 bits per heavy atom. The summed E-state index contributed by atoms with van der Waals surface area (Å²) in [5, 5.41) is 14.9. The van der Waals surface area contributed by atoms with Gasteiger partial charge >= 0.3 is 12.3 Å². The number of nitrogens with zero attached hydrogens (tertiary/aromatic N) is 8. The summed E-state index contributed by atoms with van der Waals surface area (Å²) in [6, 6.07) is 10.6. The van der Waals surface area contributed by atoms with Gasteiger partial charge in [-0.3, -0.25) is 9.80 Å². The molecule has 3 aromatic heterocycles. The Morgan fingerprint density at radius 3 is 2.48 bits per heavy atom. The van der Waals surface area contributed by atoms with E-state index in [2.05, 4.69) is 61.6 Å². The van der Waals surface area contributed by atoms with E-state index >= 15 is 0 Å². The zero-order valence-electron chi connectivity index (χ0n) is 32.0. The van der Waals surface area contributed by atoms with Crippen molar-refractivity contribution in [1.82, 2.24) is 29.2 Å². The third kappa shape index (κ3) is 7.97. The first-order chi connectivity index (χ1) is 25.5. The summed E-state index contributed by atoms with van der Waals surface area (Å²) < 4.78 is 47.4. The number of alkyl halides is 3. The fourth-order valence-corrected chi connectivity index (χ4v) is 9.53. The fraction of sp³-hybridized carbons (Fsp3) is 0.590. The molecule has 2 atom stereocenters. The third-order valence-corrected chi connectivity index (χ3v) is 12.3. The number of ether oxygens (including phenoxy) is 1. The number of nitrogens with one attached hydrogen (secondary N) is 1. The second-order valence-corrected chi connectivity index (χ2v) is 17.5. The van der Waals surface area contributed by atoms with Gasteiger partial charge in [0.05, 0.1) is 11.8 Å². The highest BCUT2D eigenvalue weighted by molar-refractivity contribution is 7.18. The number of likely N-dealkylation sites (tertiary alicyclic amines) is 1. The second kappa shape index (κ2) is 14.5. The molecule has 15 heteroatoms.